The van der Waals surface area contributed by atoms with Crippen LogP contribution in [0.4, 0.5) is 0 Å². The Hall–Kier alpha value is -0.390. The van der Waals surface area contributed by atoms with E-state index in [4.69, 9.17) is 0 Å². The van der Waals surface area contributed by atoms with Crippen molar-refractivity contribution in [2.24, 2.45) is 5.41 Å². The lowest BCUT2D eigenvalue weighted by Gasteiger charge is -2.19. The molecule has 0 saturated heterocycles. The van der Waals surface area contributed by atoms with Crippen molar-refractivity contribution in [1.82, 2.24) is 10.0 Å². The van der Waals surface area contributed by atoms with Crippen LogP contribution in [0.25, 0.3) is 0 Å². The summed E-state index contributed by atoms with van der Waals surface area (Å²) < 4.78 is 26.2. The molecule has 0 aromatic rings. The van der Waals surface area contributed by atoms with Gasteiger partial charge in [-0.15, -0.1) is 0 Å². The molecule has 1 aliphatic rings. The molecule has 4 nitrogen and oxygen atoms in total. The molecule has 100 valence electrons. The third-order valence-corrected chi connectivity index (χ3v) is 4.12. The monoisotopic (exact) mass is 260 g/mol. The Morgan fingerprint density at radius 2 is 2.12 bits per heavy atom. The minimum Gasteiger partial charge on any atom is -0.313 e. The van der Waals surface area contributed by atoms with Crippen molar-refractivity contribution in [3.8, 4) is 0 Å². The van der Waals surface area contributed by atoms with Crippen LogP contribution in [-0.2, 0) is 10.0 Å². The summed E-state index contributed by atoms with van der Waals surface area (Å²) in [5, 5.41) is 3.20. The second-order valence-electron chi connectivity index (χ2n) is 5.77. The summed E-state index contributed by atoms with van der Waals surface area (Å²) in [5.41, 5.74) is 1.24. The van der Waals surface area contributed by atoms with Crippen LogP contribution in [0.15, 0.2) is 11.6 Å². The molecule has 0 atom stereocenters. The summed E-state index contributed by atoms with van der Waals surface area (Å²) in [7, 11) is -3.13. The second kappa shape index (κ2) is 5.98. The first-order valence-corrected chi connectivity index (χ1v) is 7.80. The van der Waals surface area contributed by atoms with E-state index in [-0.39, 0.29) is 11.2 Å². The summed E-state index contributed by atoms with van der Waals surface area (Å²) >= 11 is 0. The molecule has 0 amide bonds. The van der Waals surface area contributed by atoms with E-state index < -0.39 is 10.0 Å². The molecule has 0 aromatic carbocycles. The summed E-state index contributed by atoms with van der Waals surface area (Å²) in [5.74, 6) is 0.210. The van der Waals surface area contributed by atoms with Crippen molar-refractivity contribution in [3.63, 3.8) is 0 Å². The molecule has 0 spiro atoms. The fourth-order valence-electron chi connectivity index (χ4n) is 1.55. The predicted molar refractivity (Wildman–Crippen MR) is 71.4 cm³/mol. The maximum atomic E-state index is 11.8. The Morgan fingerprint density at radius 1 is 1.41 bits per heavy atom. The van der Waals surface area contributed by atoms with Crippen molar-refractivity contribution < 1.29 is 8.42 Å². The minimum atomic E-state index is -3.13. The smallest absolute Gasteiger partial charge is 0.211 e. The Bertz CT molecular complexity index is 366. The van der Waals surface area contributed by atoms with Gasteiger partial charge in [0.25, 0.3) is 0 Å². The normalized spacial score (nSPS) is 17.9. The highest BCUT2D eigenvalue weighted by Gasteiger charge is 2.17. The highest BCUT2D eigenvalue weighted by atomic mass is 32.2. The average Bonchev–Trinajstić information content (AvgIpc) is 2.25. The van der Waals surface area contributed by atoms with Gasteiger partial charge in [0.1, 0.15) is 0 Å². The lowest BCUT2D eigenvalue weighted by atomic mass is 9.94. The fraction of sp³-hybridized carbons (Fsp3) is 0.833. The van der Waals surface area contributed by atoms with Gasteiger partial charge in [-0.3, -0.25) is 0 Å². The van der Waals surface area contributed by atoms with E-state index in [0.717, 1.165) is 19.5 Å². The molecule has 1 rings (SSSR count). The van der Waals surface area contributed by atoms with E-state index >= 15 is 0 Å². The third kappa shape index (κ3) is 6.81. The zero-order valence-corrected chi connectivity index (χ0v) is 11.9. The van der Waals surface area contributed by atoms with E-state index in [9.17, 15) is 8.42 Å². The second-order valence-corrected chi connectivity index (χ2v) is 7.69. The highest BCUT2D eigenvalue weighted by molar-refractivity contribution is 7.89. The summed E-state index contributed by atoms with van der Waals surface area (Å²) in [4.78, 5) is 0. The molecule has 1 heterocycles. The fourth-order valence-corrected chi connectivity index (χ4v) is 2.98. The SMILES string of the molecule is CC(C)(C)CCS(=O)(=O)NCC1=CCNCC1. The molecule has 0 fully saturated rings. The van der Waals surface area contributed by atoms with Crippen LogP contribution in [0.2, 0.25) is 0 Å². The Balaban J connectivity index is 2.36. The number of rotatable bonds is 5. The number of hydrogen-bond donors (Lipinski definition) is 2. The van der Waals surface area contributed by atoms with Crippen LogP contribution in [0.1, 0.15) is 33.6 Å². The first-order chi connectivity index (χ1) is 7.79. The third-order valence-electron chi connectivity index (χ3n) is 2.80. The van der Waals surface area contributed by atoms with Crippen LogP contribution in [0.3, 0.4) is 0 Å². The van der Waals surface area contributed by atoms with Gasteiger partial charge in [0, 0.05) is 13.1 Å². The van der Waals surface area contributed by atoms with Crippen LogP contribution in [0.5, 0.6) is 0 Å². The maximum Gasteiger partial charge on any atom is 0.211 e. The van der Waals surface area contributed by atoms with Crippen LogP contribution in [0, 0.1) is 5.41 Å². The number of hydrogen-bond acceptors (Lipinski definition) is 3. The number of nitrogens with one attached hydrogen (secondary N) is 2. The molecular formula is C12H24N2O2S. The summed E-state index contributed by atoms with van der Waals surface area (Å²) in [6, 6.07) is 0. The van der Waals surface area contributed by atoms with E-state index in [0.29, 0.717) is 13.0 Å². The lowest BCUT2D eigenvalue weighted by Crippen LogP contribution is -2.32. The molecule has 17 heavy (non-hydrogen) atoms. The zero-order valence-electron chi connectivity index (χ0n) is 11.0. The largest absolute Gasteiger partial charge is 0.313 e. The molecule has 0 aromatic heterocycles. The van der Waals surface area contributed by atoms with Gasteiger partial charge in [0.05, 0.1) is 5.75 Å². The van der Waals surface area contributed by atoms with Crippen molar-refractivity contribution in [1.29, 1.82) is 0 Å². The van der Waals surface area contributed by atoms with Gasteiger partial charge in [-0.05, 0) is 24.8 Å². The van der Waals surface area contributed by atoms with E-state index in [1.165, 1.54) is 5.57 Å². The molecule has 0 radical (unpaired) electrons. The molecule has 0 aliphatic carbocycles. The van der Waals surface area contributed by atoms with E-state index in [1.807, 2.05) is 0 Å². The maximum absolute atomic E-state index is 11.8. The van der Waals surface area contributed by atoms with Gasteiger partial charge in [0.15, 0.2) is 0 Å². The van der Waals surface area contributed by atoms with Crippen molar-refractivity contribution >= 4 is 10.0 Å². The van der Waals surface area contributed by atoms with Crippen LogP contribution in [-0.4, -0.2) is 33.8 Å². The first kappa shape index (κ1) is 14.7. The molecule has 5 heteroatoms. The van der Waals surface area contributed by atoms with Gasteiger partial charge in [-0.1, -0.05) is 32.4 Å². The van der Waals surface area contributed by atoms with E-state index in [2.05, 4.69) is 36.9 Å². The van der Waals surface area contributed by atoms with Gasteiger partial charge < -0.3 is 5.32 Å². The van der Waals surface area contributed by atoms with Gasteiger partial charge in [0.2, 0.25) is 10.0 Å². The van der Waals surface area contributed by atoms with Crippen LogP contribution < -0.4 is 10.0 Å². The lowest BCUT2D eigenvalue weighted by molar-refractivity contribution is 0.396. The Morgan fingerprint density at radius 3 is 2.65 bits per heavy atom. The quantitative estimate of drug-likeness (QED) is 0.732. The van der Waals surface area contributed by atoms with E-state index in [1.54, 1.807) is 0 Å². The Labute approximate surface area is 105 Å². The molecule has 0 saturated carbocycles. The minimum absolute atomic E-state index is 0.0583. The van der Waals surface area contributed by atoms with Crippen LogP contribution >= 0.6 is 0 Å². The molecule has 2 N–H and O–H groups in total. The summed E-state index contributed by atoms with van der Waals surface area (Å²) in [6.45, 7) is 8.41. The van der Waals surface area contributed by atoms with Gasteiger partial charge in [-0.25, -0.2) is 13.1 Å². The molecular weight excluding hydrogens is 236 g/mol. The predicted octanol–water partition coefficient (Wildman–Crippen LogP) is 1.26. The number of sulfonamides is 1. The zero-order chi connectivity index (χ0) is 12.9. The standard InChI is InChI=1S/C12H24N2O2S/c1-12(2,3)6-9-17(15,16)14-10-11-4-7-13-8-5-11/h4,13-14H,5-10H2,1-3H3. The molecule has 0 bridgehead atoms. The van der Waals surface area contributed by atoms with Gasteiger partial charge >= 0.3 is 0 Å². The summed E-state index contributed by atoms with van der Waals surface area (Å²) in [6.07, 6.45) is 3.68. The topological polar surface area (TPSA) is 58.2 Å². The Kier molecular flexibility index (Phi) is 5.16. The molecule has 0 unspecified atom stereocenters. The van der Waals surface area contributed by atoms with Crippen molar-refractivity contribution in [2.75, 3.05) is 25.4 Å². The highest BCUT2D eigenvalue weighted by Crippen LogP contribution is 2.18. The van der Waals surface area contributed by atoms with Gasteiger partial charge in [-0.2, -0.15) is 0 Å². The first-order valence-electron chi connectivity index (χ1n) is 6.14. The van der Waals surface area contributed by atoms with Crippen molar-refractivity contribution in [3.05, 3.63) is 11.6 Å². The van der Waals surface area contributed by atoms with Crippen molar-refractivity contribution in [2.45, 2.75) is 33.6 Å². The molecule has 1 aliphatic heterocycles. The average molecular weight is 260 g/mol.